The summed E-state index contributed by atoms with van der Waals surface area (Å²) in [6.07, 6.45) is 1.10. The highest BCUT2D eigenvalue weighted by molar-refractivity contribution is 5.83. The van der Waals surface area contributed by atoms with E-state index in [0.717, 1.165) is 19.5 Å². The van der Waals surface area contributed by atoms with Crippen LogP contribution in [0.3, 0.4) is 0 Å². The van der Waals surface area contributed by atoms with E-state index in [1.807, 2.05) is 4.90 Å². The number of carbonyl (C=O) groups excluding carboxylic acids is 1. The molecule has 2 aliphatic heterocycles. The number of ether oxygens (including phenoxy) is 1. The molecule has 0 aromatic rings. The fourth-order valence-electron chi connectivity index (χ4n) is 2.60. The van der Waals surface area contributed by atoms with Gasteiger partial charge in [0.1, 0.15) is 0 Å². The van der Waals surface area contributed by atoms with Gasteiger partial charge in [-0.3, -0.25) is 4.79 Å². The summed E-state index contributed by atoms with van der Waals surface area (Å²) in [6, 6.07) is 0.0115. The van der Waals surface area contributed by atoms with E-state index in [0.29, 0.717) is 19.1 Å². The van der Waals surface area contributed by atoms with Crippen molar-refractivity contribution in [2.45, 2.75) is 38.8 Å². The van der Waals surface area contributed by atoms with Crippen molar-refractivity contribution >= 4 is 5.91 Å². The van der Waals surface area contributed by atoms with E-state index >= 15 is 0 Å². The molecule has 1 amide bonds. The van der Waals surface area contributed by atoms with Crippen LogP contribution in [-0.2, 0) is 9.53 Å². The molecule has 2 unspecified atom stereocenters. The molecule has 0 radical (unpaired) electrons. The first kappa shape index (κ1) is 11.9. The molecule has 1 N–H and O–H groups in total. The number of nitrogens with one attached hydrogen (secondary N) is 1. The van der Waals surface area contributed by atoms with Gasteiger partial charge in [-0.15, -0.1) is 0 Å². The van der Waals surface area contributed by atoms with Crippen molar-refractivity contribution in [3.05, 3.63) is 0 Å². The van der Waals surface area contributed by atoms with Gasteiger partial charge < -0.3 is 15.0 Å². The van der Waals surface area contributed by atoms with Gasteiger partial charge in [-0.25, -0.2) is 0 Å². The molecule has 0 saturated carbocycles. The molecule has 0 aromatic carbocycles. The first-order chi connectivity index (χ1) is 7.52. The Labute approximate surface area is 97.3 Å². The lowest BCUT2D eigenvalue weighted by Crippen LogP contribution is -2.59. The molecule has 2 atom stereocenters. The van der Waals surface area contributed by atoms with Crippen LogP contribution in [-0.4, -0.2) is 48.7 Å². The molecule has 16 heavy (non-hydrogen) atoms. The van der Waals surface area contributed by atoms with E-state index < -0.39 is 0 Å². The minimum atomic E-state index is -0.167. The molecule has 0 bridgehead atoms. The first-order valence-corrected chi connectivity index (χ1v) is 6.15. The van der Waals surface area contributed by atoms with Crippen LogP contribution in [0.5, 0.6) is 0 Å². The van der Waals surface area contributed by atoms with Crippen molar-refractivity contribution in [1.29, 1.82) is 0 Å². The van der Waals surface area contributed by atoms with Gasteiger partial charge in [0.15, 0.2) is 0 Å². The van der Waals surface area contributed by atoms with Crippen molar-refractivity contribution in [3.63, 3.8) is 0 Å². The fraction of sp³-hybridized carbons (Fsp3) is 0.917. The maximum absolute atomic E-state index is 12.4. The van der Waals surface area contributed by atoms with Crippen molar-refractivity contribution in [1.82, 2.24) is 10.2 Å². The van der Waals surface area contributed by atoms with Gasteiger partial charge in [0.2, 0.25) is 5.91 Å². The lowest BCUT2D eigenvalue weighted by Gasteiger charge is -2.43. The van der Waals surface area contributed by atoms with E-state index in [4.69, 9.17) is 4.74 Å². The monoisotopic (exact) mass is 226 g/mol. The quantitative estimate of drug-likeness (QED) is 0.713. The average molecular weight is 226 g/mol. The zero-order valence-electron chi connectivity index (χ0n) is 10.5. The van der Waals surface area contributed by atoms with Gasteiger partial charge in [0, 0.05) is 6.54 Å². The largest absolute Gasteiger partial charge is 0.377 e. The molecule has 2 saturated heterocycles. The van der Waals surface area contributed by atoms with Crippen molar-refractivity contribution in [2.24, 2.45) is 5.92 Å². The van der Waals surface area contributed by atoms with Crippen LogP contribution in [0.25, 0.3) is 0 Å². The van der Waals surface area contributed by atoms with Crippen molar-refractivity contribution in [2.75, 3.05) is 26.3 Å². The second-order valence-corrected chi connectivity index (χ2v) is 5.55. The molecule has 4 nitrogen and oxygen atoms in total. The molecule has 92 valence electrons. The van der Waals surface area contributed by atoms with E-state index in [-0.39, 0.29) is 17.5 Å². The molecule has 2 fully saturated rings. The molecule has 4 heteroatoms. The third-order valence-corrected chi connectivity index (χ3v) is 3.71. The number of morpholine rings is 1. The normalized spacial score (nSPS) is 34.1. The Morgan fingerprint density at radius 3 is 2.81 bits per heavy atom. The Balaban J connectivity index is 2.08. The van der Waals surface area contributed by atoms with Crippen LogP contribution in [0, 0.1) is 5.92 Å². The lowest BCUT2D eigenvalue weighted by atomic mass is 9.97. The molecule has 2 aliphatic rings. The third kappa shape index (κ3) is 2.09. The topological polar surface area (TPSA) is 41.6 Å². The Hall–Kier alpha value is -0.610. The summed E-state index contributed by atoms with van der Waals surface area (Å²) in [5, 5.41) is 3.31. The predicted molar refractivity (Wildman–Crippen MR) is 62.2 cm³/mol. The summed E-state index contributed by atoms with van der Waals surface area (Å²) < 4.78 is 5.44. The highest BCUT2D eigenvalue weighted by Crippen LogP contribution is 2.24. The number of rotatable bonds is 1. The number of nitrogens with zero attached hydrogens (tertiary/aromatic N) is 1. The smallest absolute Gasteiger partial charge is 0.240 e. The van der Waals surface area contributed by atoms with Crippen LogP contribution in [0.15, 0.2) is 0 Å². The highest BCUT2D eigenvalue weighted by atomic mass is 16.5. The summed E-state index contributed by atoms with van der Waals surface area (Å²) in [7, 11) is 0. The highest BCUT2D eigenvalue weighted by Gasteiger charge is 2.40. The molecule has 0 spiro atoms. The minimum absolute atomic E-state index is 0.0115. The summed E-state index contributed by atoms with van der Waals surface area (Å²) in [5.41, 5.74) is -0.167. The summed E-state index contributed by atoms with van der Waals surface area (Å²) in [6.45, 7) is 9.28. The molecule has 0 aliphatic carbocycles. The Bertz CT molecular complexity index is 278. The van der Waals surface area contributed by atoms with Gasteiger partial charge >= 0.3 is 0 Å². The van der Waals surface area contributed by atoms with Gasteiger partial charge in [-0.05, 0) is 32.7 Å². The Morgan fingerprint density at radius 2 is 2.25 bits per heavy atom. The van der Waals surface area contributed by atoms with Crippen molar-refractivity contribution in [3.8, 4) is 0 Å². The molecule has 2 rings (SSSR count). The average Bonchev–Trinajstić information content (AvgIpc) is 2.63. The van der Waals surface area contributed by atoms with Crippen LogP contribution >= 0.6 is 0 Å². The minimum Gasteiger partial charge on any atom is -0.377 e. The number of carbonyl (C=O) groups is 1. The Morgan fingerprint density at radius 1 is 1.50 bits per heavy atom. The Kier molecular flexibility index (Phi) is 3.22. The number of hydrogen-bond acceptors (Lipinski definition) is 3. The van der Waals surface area contributed by atoms with Gasteiger partial charge in [-0.1, -0.05) is 6.92 Å². The van der Waals surface area contributed by atoms with Crippen LogP contribution < -0.4 is 5.32 Å². The van der Waals surface area contributed by atoms with Crippen LogP contribution in [0.2, 0.25) is 0 Å². The maximum atomic E-state index is 12.4. The van der Waals surface area contributed by atoms with E-state index in [2.05, 4.69) is 26.1 Å². The van der Waals surface area contributed by atoms with Gasteiger partial charge in [-0.2, -0.15) is 0 Å². The lowest BCUT2D eigenvalue weighted by molar-refractivity contribution is -0.149. The summed E-state index contributed by atoms with van der Waals surface area (Å²) >= 11 is 0. The van der Waals surface area contributed by atoms with Crippen LogP contribution in [0.4, 0.5) is 0 Å². The molecular weight excluding hydrogens is 204 g/mol. The fourth-order valence-corrected chi connectivity index (χ4v) is 2.60. The second-order valence-electron chi connectivity index (χ2n) is 5.55. The van der Waals surface area contributed by atoms with Gasteiger partial charge in [0.05, 0.1) is 24.8 Å². The summed E-state index contributed by atoms with van der Waals surface area (Å²) in [5.74, 6) is 0.699. The molecular formula is C12H22N2O2. The summed E-state index contributed by atoms with van der Waals surface area (Å²) in [4.78, 5) is 14.4. The van der Waals surface area contributed by atoms with E-state index in [1.54, 1.807) is 0 Å². The second kappa shape index (κ2) is 4.34. The predicted octanol–water partition coefficient (Wildman–Crippen LogP) is 0.622. The zero-order chi connectivity index (χ0) is 11.8. The molecule has 2 heterocycles. The van der Waals surface area contributed by atoms with Crippen LogP contribution in [0.1, 0.15) is 27.2 Å². The number of amides is 1. The SMILES string of the molecule is CC1CCNC1C(=O)N1CCOCC1(C)C. The zero-order valence-corrected chi connectivity index (χ0v) is 10.5. The molecule has 0 aromatic heterocycles. The standard InChI is InChI=1S/C12H22N2O2/c1-9-4-5-13-10(9)11(15)14-6-7-16-8-12(14,2)3/h9-10,13H,4-8H2,1-3H3. The number of hydrogen-bond donors (Lipinski definition) is 1. The van der Waals surface area contributed by atoms with Gasteiger partial charge in [0.25, 0.3) is 0 Å². The van der Waals surface area contributed by atoms with E-state index in [9.17, 15) is 4.79 Å². The van der Waals surface area contributed by atoms with Crippen molar-refractivity contribution < 1.29 is 9.53 Å². The first-order valence-electron chi connectivity index (χ1n) is 6.15. The maximum Gasteiger partial charge on any atom is 0.240 e. The van der Waals surface area contributed by atoms with E-state index in [1.165, 1.54) is 0 Å². The third-order valence-electron chi connectivity index (χ3n) is 3.71.